The van der Waals surface area contributed by atoms with E-state index < -0.39 is 0 Å². The lowest BCUT2D eigenvalue weighted by Crippen LogP contribution is -2.07. The molecule has 0 bridgehead atoms. The number of methoxy groups -OCH3 is 1. The van der Waals surface area contributed by atoms with Crippen LogP contribution >= 0.6 is 7.92 Å². The Hall–Kier alpha value is -0.550. The van der Waals surface area contributed by atoms with E-state index in [1.165, 1.54) is 76.5 Å². The van der Waals surface area contributed by atoms with Crippen molar-refractivity contribution in [3.05, 3.63) is 24.3 Å². The molecule has 0 aromatic heterocycles. The molecule has 0 heterocycles. The summed E-state index contributed by atoms with van der Waals surface area (Å²) in [5.74, 6) is 0.981. The van der Waals surface area contributed by atoms with Crippen LogP contribution in [0.1, 0.15) is 78.1 Å². The number of rotatable bonds is 14. The predicted octanol–water partition coefficient (Wildman–Crippen LogP) is 6.74. The minimum atomic E-state index is 0.0295. The van der Waals surface area contributed by atoms with E-state index in [0.29, 0.717) is 0 Å². The highest BCUT2D eigenvalue weighted by molar-refractivity contribution is 7.65. The molecule has 0 unspecified atom stereocenters. The minimum absolute atomic E-state index is 0.0295. The zero-order valence-electron chi connectivity index (χ0n) is 15.7. The van der Waals surface area contributed by atoms with Crippen LogP contribution in [0.4, 0.5) is 0 Å². The van der Waals surface area contributed by atoms with E-state index in [-0.39, 0.29) is 7.92 Å². The minimum Gasteiger partial charge on any atom is -0.497 e. The molecule has 132 valence electrons. The Labute approximate surface area is 146 Å². The lowest BCUT2D eigenvalue weighted by atomic mass is 10.2. The number of benzene rings is 1. The van der Waals surface area contributed by atoms with E-state index in [2.05, 4.69) is 38.1 Å². The molecular formula is C21H37OP. The SMILES string of the molecule is CCCCCCCP(CCCCCCC)c1ccc(OC)cc1. The van der Waals surface area contributed by atoms with Gasteiger partial charge in [-0.1, -0.05) is 85.3 Å². The van der Waals surface area contributed by atoms with Crippen LogP contribution in [0.3, 0.4) is 0 Å². The van der Waals surface area contributed by atoms with Crippen LogP contribution in [-0.4, -0.2) is 19.4 Å². The first-order chi connectivity index (χ1) is 11.3. The molecule has 1 rings (SSSR count). The fourth-order valence-electron chi connectivity index (χ4n) is 2.98. The molecule has 0 saturated heterocycles. The molecule has 1 aromatic carbocycles. The van der Waals surface area contributed by atoms with Crippen molar-refractivity contribution in [2.75, 3.05) is 19.4 Å². The van der Waals surface area contributed by atoms with E-state index >= 15 is 0 Å². The summed E-state index contributed by atoms with van der Waals surface area (Å²) in [6.45, 7) is 4.58. The molecule has 0 N–H and O–H groups in total. The van der Waals surface area contributed by atoms with E-state index in [4.69, 9.17) is 4.74 Å². The Morgan fingerprint density at radius 3 is 1.61 bits per heavy atom. The highest BCUT2D eigenvalue weighted by Gasteiger charge is 2.10. The van der Waals surface area contributed by atoms with Crippen molar-refractivity contribution in [2.24, 2.45) is 0 Å². The Bertz CT molecular complexity index is 360. The number of ether oxygens (including phenoxy) is 1. The maximum atomic E-state index is 5.31. The molecular weight excluding hydrogens is 299 g/mol. The summed E-state index contributed by atoms with van der Waals surface area (Å²) >= 11 is 0. The topological polar surface area (TPSA) is 9.23 Å². The standard InChI is InChI=1S/C21H37OP/c1-4-6-8-10-12-18-23(19-13-11-9-7-5-2)21-16-14-20(22-3)15-17-21/h14-17H,4-13,18-19H2,1-3H3. The molecule has 0 saturated carbocycles. The highest BCUT2D eigenvalue weighted by Crippen LogP contribution is 2.37. The van der Waals surface area contributed by atoms with E-state index in [1.54, 1.807) is 12.4 Å². The van der Waals surface area contributed by atoms with E-state index in [1.807, 2.05) is 0 Å². The molecule has 0 fully saturated rings. The van der Waals surface area contributed by atoms with Crippen LogP contribution in [0.5, 0.6) is 5.75 Å². The molecule has 0 aliphatic rings. The number of hydrogen-bond acceptors (Lipinski definition) is 1. The van der Waals surface area contributed by atoms with Crippen LogP contribution < -0.4 is 10.0 Å². The van der Waals surface area contributed by atoms with Gasteiger partial charge in [-0.15, -0.1) is 0 Å². The second-order valence-electron chi connectivity index (χ2n) is 6.51. The third kappa shape index (κ3) is 9.36. The number of hydrogen-bond donors (Lipinski definition) is 0. The molecule has 0 radical (unpaired) electrons. The Morgan fingerprint density at radius 1 is 0.696 bits per heavy atom. The van der Waals surface area contributed by atoms with Crippen molar-refractivity contribution in [3.8, 4) is 5.75 Å². The van der Waals surface area contributed by atoms with Crippen molar-refractivity contribution < 1.29 is 4.74 Å². The van der Waals surface area contributed by atoms with Gasteiger partial charge in [-0.2, -0.15) is 0 Å². The highest BCUT2D eigenvalue weighted by atomic mass is 31.1. The average molecular weight is 336 g/mol. The lowest BCUT2D eigenvalue weighted by Gasteiger charge is -2.18. The molecule has 0 aliphatic heterocycles. The van der Waals surface area contributed by atoms with Crippen LogP contribution in [0.15, 0.2) is 24.3 Å². The second-order valence-corrected chi connectivity index (χ2v) is 9.00. The van der Waals surface area contributed by atoms with Crippen molar-refractivity contribution in [2.45, 2.75) is 78.1 Å². The van der Waals surface area contributed by atoms with Crippen molar-refractivity contribution in [1.82, 2.24) is 0 Å². The van der Waals surface area contributed by atoms with Crippen molar-refractivity contribution >= 4 is 13.2 Å². The van der Waals surface area contributed by atoms with Gasteiger partial charge in [0.25, 0.3) is 0 Å². The molecule has 23 heavy (non-hydrogen) atoms. The third-order valence-electron chi connectivity index (χ3n) is 4.50. The zero-order valence-corrected chi connectivity index (χ0v) is 16.5. The molecule has 2 heteroatoms. The summed E-state index contributed by atoms with van der Waals surface area (Å²) in [7, 11) is 1.78. The fourth-order valence-corrected chi connectivity index (χ4v) is 5.50. The van der Waals surface area contributed by atoms with Crippen LogP contribution in [0, 0.1) is 0 Å². The van der Waals surface area contributed by atoms with Gasteiger partial charge in [0.05, 0.1) is 7.11 Å². The Morgan fingerprint density at radius 2 is 1.17 bits per heavy atom. The van der Waals surface area contributed by atoms with E-state index in [9.17, 15) is 0 Å². The van der Waals surface area contributed by atoms with Gasteiger partial charge in [0.2, 0.25) is 0 Å². The largest absolute Gasteiger partial charge is 0.497 e. The number of unbranched alkanes of at least 4 members (excludes halogenated alkanes) is 8. The molecule has 1 aromatic rings. The summed E-state index contributed by atoms with van der Waals surface area (Å²) in [5.41, 5.74) is 0. The summed E-state index contributed by atoms with van der Waals surface area (Å²) in [6, 6.07) is 8.89. The summed E-state index contributed by atoms with van der Waals surface area (Å²) in [6.07, 6.45) is 16.8. The van der Waals surface area contributed by atoms with Crippen LogP contribution in [0.25, 0.3) is 0 Å². The van der Waals surface area contributed by atoms with Crippen molar-refractivity contribution in [1.29, 1.82) is 0 Å². The van der Waals surface area contributed by atoms with Gasteiger partial charge in [0, 0.05) is 0 Å². The second kappa shape index (κ2) is 13.8. The van der Waals surface area contributed by atoms with Gasteiger partial charge in [-0.25, -0.2) is 0 Å². The van der Waals surface area contributed by atoms with Gasteiger partial charge in [-0.3, -0.25) is 0 Å². The van der Waals surface area contributed by atoms with Gasteiger partial charge >= 0.3 is 0 Å². The first kappa shape index (κ1) is 20.5. The smallest absolute Gasteiger partial charge is 0.118 e. The van der Waals surface area contributed by atoms with E-state index in [0.717, 1.165) is 5.75 Å². The molecule has 0 aliphatic carbocycles. The summed E-state index contributed by atoms with van der Waals surface area (Å²) in [5, 5.41) is 1.58. The Kier molecular flexibility index (Phi) is 12.3. The van der Waals surface area contributed by atoms with Gasteiger partial charge in [0.15, 0.2) is 0 Å². The maximum Gasteiger partial charge on any atom is 0.118 e. The third-order valence-corrected chi connectivity index (χ3v) is 7.24. The molecule has 0 atom stereocenters. The first-order valence-electron chi connectivity index (χ1n) is 9.70. The quantitative estimate of drug-likeness (QED) is 0.270. The normalized spacial score (nSPS) is 11.1. The lowest BCUT2D eigenvalue weighted by molar-refractivity contribution is 0.415. The monoisotopic (exact) mass is 336 g/mol. The molecule has 0 spiro atoms. The molecule has 1 nitrogen and oxygen atoms in total. The van der Waals surface area contributed by atoms with Gasteiger partial charge in [0.1, 0.15) is 5.75 Å². The fraction of sp³-hybridized carbons (Fsp3) is 0.714. The maximum absolute atomic E-state index is 5.31. The average Bonchev–Trinajstić information content (AvgIpc) is 2.59. The zero-order chi connectivity index (χ0) is 16.8. The van der Waals surface area contributed by atoms with Crippen LogP contribution in [-0.2, 0) is 0 Å². The van der Waals surface area contributed by atoms with Crippen molar-refractivity contribution in [3.63, 3.8) is 0 Å². The van der Waals surface area contributed by atoms with Gasteiger partial charge in [-0.05, 0) is 42.6 Å². The summed E-state index contributed by atoms with van der Waals surface area (Å²) in [4.78, 5) is 0. The molecule has 0 amide bonds. The predicted molar refractivity (Wildman–Crippen MR) is 107 cm³/mol. The van der Waals surface area contributed by atoms with Crippen LogP contribution in [0.2, 0.25) is 0 Å². The summed E-state index contributed by atoms with van der Waals surface area (Å²) < 4.78 is 5.31. The Balaban J connectivity index is 2.45. The van der Waals surface area contributed by atoms with Gasteiger partial charge < -0.3 is 4.74 Å². The first-order valence-corrected chi connectivity index (χ1v) is 11.4.